The zero-order valence-corrected chi connectivity index (χ0v) is 25.5. The Kier molecular flexibility index (Phi) is 10.4. The van der Waals surface area contributed by atoms with E-state index in [1.54, 1.807) is 12.1 Å². The van der Waals surface area contributed by atoms with Crippen molar-refractivity contribution in [3.05, 3.63) is 46.8 Å². The van der Waals surface area contributed by atoms with Crippen LogP contribution in [0.1, 0.15) is 80.2 Å². The molecule has 2 aliphatic heterocycles. The summed E-state index contributed by atoms with van der Waals surface area (Å²) in [6.45, 7) is 13.2. The molecule has 2 saturated heterocycles. The molecular weight excluding hydrogens is 530 g/mol. The van der Waals surface area contributed by atoms with Crippen LogP contribution < -0.4 is 5.32 Å². The average molecular weight is 574 g/mol. The van der Waals surface area contributed by atoms with E-state index in [0.29, 0.717) is 37.3 Å². The monoisotopic (exact) mass is 573 g/mol. The standard InChI is InChI=1S/C30H43N5O4.ClH/c1-7-8-15-34-27(36)26(18-20(2)3)31-29(38)30(34)13-16-33(17-14-30)19-25-21(4)32-35(22(25)5)24-11-9-23(10-12-24)28(37)39-6;/h9-12,20,26H,7-8,13-19H2,1-6H3,(H,31,38);1H/t26-;/m0./s1. The van der Waals surface area contributed by atoms with Crippen LogP contribution in [0, 0.1) is 19.8 Å². The van der Waals surface area contributed by atoms with E-state index in [9.17, 15) is 14.4 Å². The summed E-state index contributed by atoms with van der Waals surface area (Å²) in [5.74, 6) is 0.0624. The molecule has 0 radical (unpaired) electrons. The molecule has 1 aromatic heterocycles. The van der Waals surface area contributed by atoms with Gasteiger partial charge in [-0.3, -0.25) is 14.5 Å². The lowest BCUT2D eigenvalue weighted by Crippen LogP contribution is -2.73. The Hall–Kier alpha value is -2.91. The summed E-state index contributed by atoms with van der Waals surface area (Å²) in [5.41, 5.74) is 3.78. The number of hydrogen-bond acceptors (Lipinski definition) is 6. The Bertz CT molecular complexity index is 1200. The Morgan fingerprint density at radius 1 is 1.15 bits per heavy atom. The van der Waals surface area contributed by atoms with Crippen molar-refractivity contribution in [2.45, 2.75) is 84.8 Å². The summed E-state index contributed by atoms with van der Waals surface area (Å²) in [4.78, 5) is 43.1. The highest BCUT2D eigenvalue weighted by Crippen LogP contribution is 2.35. The number of aryl methyl sites for hydroxylation is 1. The average Bonchev–Trinajstić information content (AvgIpc) is 3.20. The van der Waals surface area contributed by atoms with Crippen molar-refractivity contribution in [2.75, 3.05) is 26.7 Å². The number of carbonyl (C=O) groups excluding carboxylic acids is 3. The molecule has 1 spiro atoms. The third-order valence-electron chi connectivity index (χ3n) is 8.29. The number of benzene rings is 1. The van der Waals surface area contributed by atoms with Gasteiger partial charge in [0.05, 0.1) is 24.1 Å². The number of rotatable bonds is 9. The number of carbonyl (C=O) groups is 3. The molecule has 1 N–H and O–H groups in total. The number of nitrogens with one attached hydrogen (secondary N) is 1. The lowest BCUT2D eigenvalue weighted by molar-refractivity contribution is -0.161. The molecule has 40 heavy (non-hydrogen) atoms. The third-order valence-corrected chi connectivity index (χ3v) is 8.29. The van der Waals surface area contributed by atoms with E-state index in [1.807, 2.05) is 28.6 Å². The van der Waals surface area contributed by atoms with Gasteiger partial charge >= 0.3 is 5.97 Å². The fourth-order valence-electron chi connectivity index (χ4n) is 5.96. The molecular formula is C30H44ClN5O4. The van der Waals surface area contributed by atoms with E-state index in [1.165, 1.54) is 7.11 Å². The molecule has 2 fully saturated rings. The topological polar surface area (TPSA) is 96.8 Å². The van der Waals surface area contributed by atoms with Crippen molar-refractivity contribution >= 4 is 30.2 Å². The Balaban J connectivity index is 0.00000441. The third kappa shape index (κ3) is 6.20. The van der Waals surface area contributed by atoms with E-state index >= 15 is 0 Å². The summed E-state index contributed by atoms with van der Waals surface area (Å²) < 4.78 is 6.71. The van der Waals surface area contributed by atoms with Crippen LogP contribution in [0.25, 0.3) is 5.69 Å². The molecule has 2 aromatic rings. The fraction of sp³-hybridized carbons (Fsp3) is 0.600. The van der Waals surface area contributed by atoms with Gasteiger partial charge in [-0.05, 0) is 69.7 Å². The maximum Gasteiger partial charge on any atom is 0.337 e. The number of ether oxygens (including phenoxy) is 1. The van der Waals surface area contributed by atoms with Gasteiger partial charge < -0.3 is 15.0 Å². The molecule has 4 rings (SSSR count). The molecule has 0 aliphatic carbocycles. The second-order valence-electron chi connectivity index (χ2n) is 11.4. The number of likely N-dealkylation sites (tertiary alicyclic amines) is 1. The van der Waals surface area contributed by atoms with E-state index in [4.69, 9.17) is 9.84 Å². The SMILES string of the molecule is CCCCN1C(=O)[C@H](CC(C)C)NC(=O)C12CCN(Cc1c(C)nn(-c3ccc(C(=O)OC)cc3)c1C)CC2.Cl. The number of halogens is 1. The highest BCUT2D eigenvalue weighted by molar-refractivity contribution is 6.00. The van der Waals surface area contributed by atoms with Crippen LogP contribution in [0.3, 0.4) is 0 Å². The minimum atomic E-state index is -0.758. The number of nitrogens with zero attached hydrogens (tertiary/aromatic N) is 4. The Morgan fingerprint density at radius 3 is 2.38 bits per heavy atom. The van der Waals surface area contributed by atoms with Gasteiger partial charge in [0.1, 0.15) is 11.6 Å². The number of piperidine rings is 1. The Morgan fingerprint density at radius 2 is 1.80 bits per heavy atom. The maximum absolute atomic E-state index is 13.5. The van der Waals surface area contributed by atoms with Gasteiger partial charge in [-0.15, -0.1) is 12.4 Å². The molecule has 0 saturated carbocycles. The van der Waals surface area contributed by atoms with Gasteiger partial charge in [-0.1, -0.05) is 27.2 Å². The highest BCUT2D eigenvalue weighted by Gasteiger charge is 2.53. The summed E-state index contributed by atoms with van der Waals surface area (Å²) >= 11 is 0. The normalized spacial score (nSPS) is 19.1. The summed E-state index contributed by atoms with van der Waals surface area (Å²) in [5, 5.41) is 7.87. The first kappa shape index (κ1) is 31.6. The molecule has 3 heterocycles. The van der Waals surface area contributed by atoms with E-state index in [2.05, 4.69) is 37.9 Å². The molecule has 2 aliphatic rings. The molecule has 0 bridgehead atoms. The zero-order valence-electron chi connectivity index (χ0n) is 24.7. The first-order valence-corrected chi connectivity index (χ1v) is 14.2. The molecule has 1 atom stereocenters. The predicted molar refractivity (Wildman–Crippen MR) is 157 cm³/mol. The minimum Gasteiger partial charge on any atom is -0.465 e. The zero-order chi connectivity index (χ0) is 28.3. The predicted octanol–water partition coefficient (Wildman–Crippen LogP) is 4.21. The number of methoxy groups -OCH3 is 1. The van der Waals surface area contributed by atoms with Crippen LogP contribution in [0.2, 0.25) is 0 Å². The first-order valence-electron chi connectivity index (χ1n) is 14.2. The van der Waals surface area contributed by atoms with Gasteiger partial charge in [-0.2, -0.15) is 5.10 Å². The Labute approximate surface area is 244 Å². The van der Waals surface area contributed by atoms with E-state index in [-0.39, 0.29) is 30.2 Å². The smallest absolute Gasteiger partial charge is 0.337 e. The molecule has 2 amide bonds. The van der Waals surface area contributed by atoms with Gasteiger partial charge in [0.25, 0.3) is 0 Å². The van der Waals surface area contributed by atoms with Gasteiger partial charge in [-0.25, -0.2) is 9.48 Å². The van der Waals surface area contributed by atoms with Crippen LogP contribution >= 0.6 is 12.4 Å². The minimum absolute atomic E-state index is 0. The summed E-state index contributed by atoms with van der Waals surface area (Å²) in [6, 6.07) is 6.81. The van der Waals surface area contributed by atoms with Crippen molar-refractivity contribution in [1.29, 1.82) is 0 Å². The quantitative estimate of drug-likeness (QED) is 0.452. The highest BCUT2D eigenvalue weighted by atomic mass is 35.5. The largest absolute Gasteiger partial charge is 0.465 e. The van der Waals surface area contributed by atoms with E-state index in [0.717, 1.165) is 55.1 Å². The van der Waals surface area contributed by atoms with Crippen molar-refractivity contribution in [3.63, 3.8) is 0 Å². The van der Waals surface area contributed by atoms with Crippen molar-refractivity contribution in [1.82, 2.24) is 24.9 Å². The van der Waals surface area contributed by atoms with Crippen LogP contribution in [0.15, 0.2) is 24.3 Å². The maximum atomic E-state index is 13.5. The molecule has 220 valence electrons. The molecule has 1 aromatic carbocycles. The van der Waals surface area contributed by atoms with Crippen molar-refractivity contribution in [3.8, 4) is 5.69 Å². The lowest BCUT2D eigenvalue weighted by Gasteiger charge is -2.52. The second-order valence-corrected chi connectivity index (χ2v) is 11.4. The van der Waals surface area contributed by atoms with Gasteiger partial charge in [0.2, 0.25) is 11.8 Å². The van der Waals surface area contributed by atoms with Crippen LogP contribution in [-0.4, -0.2) is 75.7 Å². The first-order chi connectivity index (χ1) is 18.6. The number of piperazine rings is 1. The lowest BCUT2D eigenvalue weighted by atomic mass is 9.80. The van der Waals surface area contributed by atoms with Crippen LogP contribution in [0.5, 0.6) is 0 Å². The van der Waals surface area contributed by atoms with Crippen molar-refractivity contribution in [2.24, 2.45) is 5.92 Å². The van der Waals surface area contributed by atoms with Gasteiger partial charge in [0, 0.05) is 37.4 Å². The summed E-state index contributed by atoms with van der Waals surface area (Å²) in [7, 11) is 1.37. The number of unbranched alkanes of at least 4 members (excludes halogenated alkanes) is 1. The fourth-order valence-corrected chi connectivity index (χ4v) is 5.96. The number of esters is 1. The second kappa shape index (κ2) is 13.2. The van der Waals surface area contributed by atoms with Crippen LogP contribution in [0.4, 0.5) is 0 Å². The van der Waals surface area contributed by atoms with E-state index < -0.39 is 11.6 Å². The van der Waals surface area contributed by atoms with Crippen LogP contribution in [-0.2, 0) is 20.9 Å². The van der Waals surface area contributed by atoms with Gasteiger partial charge in [0.15, 0.2) is 0 Å². The molecule has 0 unspecified atom stereocenters. The number of amides is 2. The molecule has 9 nitrogen and oxygen atoms in total. The number of aromatic nitrogens is 2. The van der Waals surface area contributed by atoms with Crippen molar-refractivity contribution < 1.29 is 19.1 Å². The molecule has 10 heteroatoms. The summed E-state index contributed by atoms with van der Waals surface area (Å²) in [6.07, 6.45) is 3.81. The number of hydrogen-bond donors (Lipinski definition) is 1.